The molecule has 0 amide bonds. The first-order valence-electron chi connectivity index (χ1n) is 5.00. The highest BCUT2D eigenvalue weighted by Gasteiger charge is 2.07. The fourth-order valence-corrected chi connectivity index (χ4v) is 1.90. The van der Waals surface area contributed by atoms with E-state index in [-0.39, 0.29) is 0 Å². The Morgan fingerprint density at radius 3 is 2.53 bits per heavy atom. The zero-order chi connectivity index (χ0) is 12.3. The lowest BCUT2D eigenvalue weighted by atomic mass is 10.1. The van der Waals surface area contributed by atoms with Crippen LogP contribution in [0.15, 0.2) is 30.3 Å². The molecule has 0 fully saturated rings. The van der Waals surface area contributed by atoms with E-state index in [2.05, 4.69) is 10.2 Å². The SMILES string of the molecule is COc1nnc(Cc2ccccc2Cl)cc1Cl. The lowest BCUT2D eigenvalue weighted by Gasteiger charge is -2.05. The lowest BCUT2D eigenvalue weighted by molar-refractivity contribution is 0.391. The monoisotopic (exact) mass is 268 g/mol. The van der Waals surface area contributed by atoms with Gasteiger partial charge in [-0.25, -0.2) is 0 Å². The fourth-order valence-electron chi connectivity index (χ4n) is 1.46. The van der Waals surface area contributed by atoms with Gasteiger partial charge < -0.3 is 4.74 Å². The van der Waals surface area contributed by atoms with Gasteiger partial charge in [-0.2, -0.15) is 5.10 Å². The number of benzene rings is 1. The number of methoxy groups -OCH3 is 1. The number of nitrogens with zero attached hydrogens (tertiary/aromatic N) is 2. The van der Waals surface area contributed by atoms with Crippen LogP contribution >= 0.6 is 23.2 Å². The number of aromatic nitrogens is 2. The highest BCUT2D eigenvalue weighted by atomic mass is 35.5. The first-order valence-corrected chi connectivity index (χ1v) is 5.76. The molecule has 5 heteroatoms. The van der Waals surface area contributed by atoms with Crippen LogP contribution < -0.4 is 4.74 Å². The maximum atomic E-state index is 6.07. The summed E-state index contributed by atoms with van der Waals surface area (Å²) < 4.78 is 4.94. The Balaban J connectivity index is 2.25. The van der Waals surface area contributed by atoms with Crippen molar-refractivity contribution in [3.63, 3.8) is 0 Å². The zero-order valence-corrected chi connectivity index (χ0v) is 10.7. The van der Waals surface area contributed by atoms with Gasteiger partial charge in [-0.05, 0) is 17.7 Å². The fraction of sp³-hybridized carbons (Fsp3) is 0.167. The molecular formula is C12H10Cl2N2O. The number of rotatable bonds is 3. The molecule has 0 aliphatic heterocycles. The van der Waals surface area contributed by atoms with Crippen molar-refractivity contribution < 1.29 is 4.74 Å². The third-order valence-electron chi connectivity index (χ3n) is 2.29. The Hall–Kier alpha value is -1.32. The highest BCUT2D eigenvalue weighted by Crippen LogP contribution is 2.23. The normalized spacial score (nSPS) is 10.3. The third-order valence-corrected chi connectivity index (χ3v) is 2.93. The molecule has 2 rings (SSSR count). The summed E-state index contributed by atoms with van der Waals surface area (Å²) in [4.78, 5) is 0. The van der Waals surface area contributed by atoms with Gasteiger partial charge in [0, 0.05) is 11.4 Å². The molecule has 0 N–H and O–H groups in total. The van der Waals surface area contributed by atoms with Crippen molar-refractivity contribution in [1.82, 2.24) is 10.2 Å². The standard InChI is InChI=1S/C12H10Cl2N2O/c1-17-12-11(14)7-9(15-16-12)6-8-4-2-3-5-10(8)13/h2-5,7H,6H2,1H3. The van der Waals surface area contributed by atoms with Crippen LogP contribution in [0.25, 0.3) is 0 Å². The predicted molar refractivity (Wildman–Crippen MR) is 67.9 cm³/mol. The molecule has 0 radical (unpaired) electrons. The van der Waals surface area contributed by atoms with Gasteiger partial charge in [0.25, 0.3) is 5.88 Å². The highest BCUT2D eigenvalue weighted by molar-refractivity contribution is 6.32. The molecule has 0 unspecified atom stereocenters. The molecule has 2 aromatic rings. The average Bonchev–Trinajstić information content (AvgIpc) is 2.32. The van der Waals surface area contributed by atoms with Gasteiger partial charge in [-0.3, -0.25) is 0 Å². The van der Waals surface area contributed by atoms with E-state index >= 15 is 0 Å². The van der Waals surface area contributed by atoms with Gasteiger partial charge in [0.1, 0.15) is 5.02 Å². The average molecular weight is 269 g/mol. The molecule has 88 valence electrons. The van der Waals surface area contributed by atoms with E-state index in [9.17, 15) is 0 Å². The van der Waals surface area contributed by atoms with Crippen molar-refractivity contribution in [3.8, 4) is 5.88 Å². The summed E-state index contributed by atoms with van der Waals surface area (Å²) in [5, 5.41) is 9.06. The van der Waals surface area contributed by atoms with Crippen molar-refractivity contribution in [2.75, 3.05) is 7.11 Å². The molecule has 0 spiro atoms. The van der Waals surface area contributed by atoms with Crippen LogP contribution in [0.4, 0.5) is 0 Å². The minimum Gasteiger partial charge on any atom is -0.479 e. The van der Waals surface area contributed by atoms with Crippen molar-refractivity contribution in [2.24, 2.45) is 0 Å². The van der Waals surface area contributed by atoms with Gasteiger partial charge in [-0.15, -0.1) is 5.10 Å². The summed E-state index contributed by atoms with van der Waals surface area (Å²) in [5.41, 5.74) is 1.74. The van der Waals surface area contributed by atoms with Gasteiger partial charge >= 0.3 is 0 Å². The van der Waals surface area contributed by atoms with E-state index in [1.54, 1.807) is 6.07 Å². The maximum absolute atomic E-state index is 6.07. The minimum atomic E-state index is 0.328. The van der Waals surface area contributed by atoms with E-state index in [1.165, 1.54) is 7.11 Å². The Morgan fingerprint density at radius 1 is 1.12 bits per heavy atom. The molecule has 0 bridgehead atoms. The quantitative estimate of drug-likeness (QED) is 0.856. The van der Waals surface area contributed by atoms with Crippen molar-refractivity contribution in [1.29, 1.82) is 0 Å². The molecule has 0 aliphatic carbocycles. The van der Waals surface area contributed by atoms with E-state index in [4.69, 9.17) is 27.9 Å². The summed E-state index contributed by atoms with van der Waals surface area (Å²) in [6.07, 6.45) is 0.594. The van der Waals surface area contributed by atoms with E-state index in [1.807, 2.05) is 24.3 Å². The largest absolute Gasteiger partial charge is 0.479 e. The third kappa shape index (κ3) is 2.87. The van der Waals surface area contributed by atoms with Crippen LogP contribution in [0.2, 0.25) is 10.0 Å². The first-order chi connectivity index (χ1) is 8.20. The smallest absolute Gasteiger partial charge is 0.252 e. The molecule has 1 aromatic carbocycles. The van der Waals surface area contributed by atoms with Gasteiger partial charge in [0.2, 0.25) is 0 Å². The maximum Gasteiger partial charge on any atom is 0.252 e. The second-order valence-electron chi connectivity index (χ2n) is 3.46. The molecule has 3 nitrogen and oxygen atoms in total. The van der Waals surface area contributed by atoms with Gasteiger partial charge in [0.05, 0.1) is 12.8 Å². The van der Waals surface area contributed by atoms with Gasteiger partial charge in [-0.1, -0.05) is 41.4 Å². The Labute approximate surface area is 109 Å². The second kappa shape index (κ2) is 5.34. The van der Waals surface area contributed by atoms with Crippen LogP contribution in [0.3, 0.4) is 0 Å². The summed E-state index contributed by atoms with van der Waals surface area (Å²) >= 11 is 12.0. The Morgan fingerprint density at radius 2 is 1.88 bits per heavy atom. The lowest BCUT2D eigenvalue weighted by Crippen LogP contribution is -1.98. The van der Waals surface area contributed by atoms with Crippen LogP contribution in [0.5, 0.6) is 5.88 Å². The van der Waals surface area contributed by atoms with Crippen LogP contribution in [-0.4, -0.2) is 17.3 Å². The van der Waals surface area contributed by atoms with E-state index < -0.39 is 0 Å². The minimum absolute atomic E-state index is 0.328. The molecule has 1 heterocycles. The Bertz CT molecular complexity index is 532. The van der Waals surface area contributed by atoms with Gasteiger partial charge in [0.15, 0.2) is 0 Å². The summed E-state index contributed by atoms with van der Waals surface area (Å²) in [6, 6.07) is 9.34. The predicted octanol–water partition coefficient (Wildman–Crippen LogP) is 3.38. The second-order valence-corrected chi connectivity index (χ2v) is 4.28. The number of hydrogen-bond acceptors (Lipinski definition) is 3. The Kier molecular flexibility index (Phi) is 3.82. The molecule has 0 saturated carbocycles. The van der Waals surface area contributed by atoms with Crippen LogP contribution in [0.1, 0.15) is 11.3 Å². The zero-order valence-electron chi connectivity index (χ0n) is 9.15. The van der Waals surface area contributed by atoms with Crippen molar-refractivity contribution in [3.05, 3.63) is 51.6 Å². The molecule has 0 atom stereocenters. The molecule has 1 aromatic heterocycles. The van der Waals surface area contributed by atoms with Crippen LogP contribution in [-0.2, 0) is 6.42 Å². The van der Waals surface area contributed by atoms with Crippen molar-refractivity contribution >= 4 is 23.2 Å². The molecule has 17 heavy (non-hydrogen) atoms. The number of halogens is 2. The van der Waals surface area contributed by atoms with Crippen LogP contribution in [0, 0.1) is 0 Å². The first kappa shape index (κ1) is 12.1. The van der Waals surface area contributed by atoms with E-state index in [0.29, 0.717) is 22.3 Å². The molecule has 0 aliphatic rings. The number of hydrogen-bond donors (Lipinski definition) is 0. The van der Waals surface area contributed by atoms with E-state index in [0.717, 1.165) is 11.3 Å². The number of ether oxygens (including phenoxy) is 1. The summed E-state index contributed by atoms with van der Waals surface area (Å²) in [5.74, 6) is 0.328. The summed E-state index contributed by atoms with van der Waals surface area (Å²) in [7, 11) is 1.50. The molecule has 0 saturated heterocycles. The topological polar surface area (TPSA) is 35.0 Å². The van der Waals surface area contributed by atoms with Crippen molar-refractivity contribution in [2.45, 2.75) is 6.42 Å². The summed E-state index contributed by atoms with van der Waals surface area (Å²) in [6.45, 7) is 0. The molecular weight excluding hydrogens is 259 g/mol.